The maximum atomic E-state index is 13.4. The fourth-order valence-corrected chi connectivity index (χ4v) is 3.14. The van der Waals surface area contributed by atoms with E-state index in [1.54, 1.807) is 18.3 Å². The number of hydrogen-bond donors (Lipinski definition) is 2. The largest absolute Gasteiger partial charge is 0.438 e. The first-order valence-corrected chi connectivity index (χ1v) is 10.1. The number of carbonyl (C=O) groups excluding carboxylic acids is 1. The van der Waals surface area contributed by atoms with Crippen LogP contribution in [0.1, 0.15) is 17.7 Å². The minimum Gasteiger partial charge on any atom is -0.438 e. The number of carbonyl (C=O) groups is 1. The van der Waals surface area contributed by atoms with Crippen LogP contribution in [-0.2, 0) is 4.79 Å². The van der Waals surface area contributed by atoms with E-state index >= 15 is 0 Å². The highest BCUT2D eigenvalue weighted by Gasteiger charge is 2.17. The standard InChI is InChI=1S/C24H19FN4O2.CH4O/c25-18-9-7-17(8-10-18)22(26)20(14-27-11-4-12-30)23-19-13-21(16-5-2-1-3-6-16)31-24(19)29-15-28-23;1-2/h1-3,5-10,12-15H,4,11,26H2;2H,1H3/b22-20+,27-14?;. The molecule has 4 rings (SSSR count). The summed E-state index contributed by atoms with van der Waals surface area (Å²) in [4.78, 5) is 23.6. The smallest absolute Gasteiger partial charge is 0.230 e. The molecule has 0 aliphatic carbocycles. The van der Waals surface area contributed by atoms with Crippen molar-refractivity contribution < 1.29 is 18.7 Å². The van der Waals surface area contributed by atoms with Crippen LogP contribution in [0.25, 0.3) is 33.7 Å². The van der Waals surface area contributed by atoms with Crippen molar-refractivity contribution in [2.45, 2.75) is 6.42 Å². The average Bonchev–Trinajstić information content (AvgIpc) is 3.31. The average molecular weight is 446 g/mol. The van der Waals surface area contributed by atoms with E-state index in [1.165, 1.54) is 18.5 Å². The van der Waals surface area contributed by atoms with Gasteiger partial charge >= 0.3 is 0 Å². The summed E-state index contributed by atoms with van der Waals surface area (Å²) in [5.74, 6) is 0.291. The molecule has 0 unspecified atom stereocenters. The van der Waals surface area contributed by atoms with Crippen LogP contribution in [0.3, 0.4) is 0 Å². The van der Waals surface area contributed by atoms with Crippen molar-refractivity contribution in [1.29, 1.82) is 0 Å². The highest BCUT2D eigenvalue weighted by atomic mass is 19.1. The topological polar surface area (TPSA) is 115 Å². The van der Waals surface area contributed by atoms with Crippen molar-refractivity contribution in [3.05, 3.63) is 84.1 Å². The predicted molar refractivity (Wildman–Crippen MR) is 127 cm³/mol. The highest BCUT2D eigenvalue weighted by Crippen LogP contribution is 2.31. The van der Waals surface area contributed by atoms with Gasteiger partial charge < -0.3 is 20.1 Å². The van der Waals surface area contributed by atoms with Crippen LogP contribution in [0.2, 0.25) is 0 Å². The van der Waals surface area contributed by atoms with Crippen molar-refractivity contribution in [3.63, 3.8) is 0 Å². The SMILES string of the molecule is CO.N/C(=C(\C=NCCC=O)c1ncnc2oc(-c3ccccc3)cc12)c1ccc(F)cc1. The summed E-state index contributed by atoms with van der Waals surface area (Å²) in [5.41, 5.74) is 9.83. The van der Waals surface area contributed by atoms with Crippen molar-refractivity contribution in [2.24, 2.45) is 10.7 Å². The molecule has 0 radical (unpaired) electrons. The summed E-state index contributed by atoms with van der Waals surface area (Å²) < 4.78 is 19.3. The minimum atomic E-state index is -0.357. The number of benzene rings is 2. The lowest BCUT2D eigenvalue weighted by atomic mass is 10.0. The normalized spacial score (nSPS) is 11.7. The van der Waals surface area contributed by atoms with Gasteiger partial charge in [-0.2, -0.15) is 0 Å². The Kier molecular flexibility index (Phi) is 8.15. The predicted octanol–water partition coefficient (Wildman–Crippen LogP) is 4.12. The number of halogens is 1. The molecule has 7 nitrogen and oxygen atoms in total. The number of aliphatic hydroxyl groups excluding tert-OH is 1. The molecule has 3 N–H and O–H groups in total. The number of aliphatic hydroxyl groups is 1. The van der Waals surface area contributed by atoms with E-state index in [4.69, 9.17) is 15.3 Å². The van der Waals surface area contributed by atoms with E-state index in [1.807, 2.05) is 36.4 Å². The van der Waals surface area contributed by atoms with Gasteiger partial charge in [0, 0.05) is 43.1 Å². The van der Waals surface area contributed by atoms with Crippen LogP contribution in [-0.4, -0.2) is 41.2 Å². The van der Waals surface area contributed by atoms with Crippen LogP contribution >= 0.6 is 0 Å². The molecule has 2 heterocycles. The van der Waals surface area contributed by atoms with E-state index in [9.17, 15) is 9.18 Å². The van der Waals surface area contributed by atoms with E-state index in [2.05, 4.69) is 15.0 Å². The van der Waals surface area contributed by atoms with Gasteiger partial charge in [0.2, 0.25) is 5.71 Å². The number of rotatable bonds is 7. The first-order chi connectivity index (χ1) is 16.2. The van der Waals surface area contributed by atoms with Crippen molar-refractivity contribution in [3.8, 4) is 11.3 Å². The molecule has 0 aliphatic heterocycles. The van der Waals surface area contributed by atoms with Crippen molar-refractivity contribution in [1.82, 2.24) is 9.97 Å². The lowest BCUT2D eigenvalue weighted by molar-refractivity contribution is -0.107. The zero-order chi connectivity index (χ0) is 23.6. The minimum absolute atomic E-state index is 0.295. The Balaban J connectivity index is 0.00000149. The molecular weight excluding hydrogens is 423 g/mol. The van der Waals surface area contributed by atoms with Gasteiger partial charge in [-0.1, -0.05) is 30.3 Å². The molecule has 2 aromatic carbocycles. The Labute approximate surface area is 190 Å². The second-order valence-corrected chi connectivity index (χ2v) is 6.74. The second-order valence-electron chi connectivity index (χ2n) is 6.74. The molecule has 0 amide bonds. The number of allylic oxidation sites excluding steroid dienone is 1. The van der Waals surface area contributed by atoms with E-state index in [0.29, 0.717) is 52.4 Å². The van der Waals surface area contributed by atoms with Gasteiger partial charge in [-0.05, 0) is 35.9 Å². The van der Waals surface area contributed by atoms with Crippen LogP contribution in [0.5, 0.6) is 0 Å². The Bertz CT molecular complexity index is 1270. The van der Waals surface area contributed by atoms with Gasteiger partial charge in [-0.15, -0.1) is 0 Å². The molecule has 0 atom stereocenters. The quantitative estimate of drug-likeness (QED) is 0.251. The molecule has 4 aromatic rings. The van der Waals surface area contributed by atoms with Crippen LogP contribution < -0.4 is 5.73 Å². The van der Waals surface area contributed by atoms with Crippen molar-refractivity contribution in [2.75, 3.05) is 13.7 Å². The number of hydrogen-bond acceptors (Lipinski definition) is 7. The van der Waals surface area contributed by atoms with Gasteiger partial charge in [0.05, 0.1) is 11.1 Å². The molecule has 0 saturated heterocycles. The Morgan fingerprint density at radius 3 is 2.55 bits per heavy atom. The lowest BCUT2D eigenvalue weighted by Crippen LogP contribution is -2.05. The third kappa shape index (κ3) is 5.55. The number of aliphatic imine (C=N–C) groups is 1. The summed E-state index contributed by atoms with van der Waals surface area (Å²) in [6, 6.07) is 17.4. The van der Waals surface area contributed by atoms with Gasteiger partial charge in [-0.3, -0.25) is 4.99 Å². The van der Waals surface area contributed by atoms with Gasteiger partial charge in [0.15, 0.2) is 0 Å². The number of furan rings is 1. The third-order valence-electron chi connectivity index (χ3n) is 4.68. The molecule has 0 aliphatic rings. The van der Waals surface area contributed by atoms with Gasteiger partial charge in [0.25, 0.3) is 0 Å². The first kappa shape index (κ1) is 23.5. The molecule has 168 valence electrons. The molecule has 2 aromatic heterocycles. The molecule has 0 bridgehead atoms. The number of aromatic nitrogens is 2. The van der Waals surface area contributed by atoms with Gasteiger partial charge in [0.1, 0.15) is 24.2 Å². The number of nitrogens with two attached hydrogens (primary N) is 1. The lowest BCUT2D eigenvalue weighted by Gasteiger charge is -2.09. The summed E-state index contributed by atoms with van der Waals surface area (Å²) in [6.45, 7) is 0.318. The van der Waals surface area contributed by atoms with E-state index < -0.39 is 0 Å². The Hall–Kier alpha value is -4.17. The zero-order valence-corrected chi connectivity index (χ0v) is 18.0. The summed E-state index contributed by atoms with van der Waals surface area (Å²) in [7, 11) is 1.00. The summed E-state index contributed by atoms with van der Waals surface area (Å²) in [5, 5.41) is 7.67. The molecule has 0 spiro atoms. The number of nitrogens with zero attached hydrogens (tertiary/aromatic N) is 3. The highest BCUT2D eigenvalue weighted by molar-refractivity contribution is 6.21. The van der Waals surface area contributed by atoms with Crippen molar-refractivity contribution >= 4 is 34.9 Å². The fraction of sp³-hybridized carbons (Fsp3) is 0.120. The van der Waals surface area contributed by atoms with E-state index in [-0.39, 0.29) is 5.82 Å². The summed E-state index contributed by atoms with van der Waals surface area (Å²) >= 11 is 0. The van der Waals surface area contributed by atoms with E-state index in [0.717, 1.165) is 19.0 Å². The Morgan fingerprint density at radius 2 is 1.85 bits per heavy atom. The number of fused-ring (bicyclic) bond motifs is 1. The van der Waals surface area contributed by atoms with Crippen LogP contribution in [0.4, 0.5) is 4.39 Å². The first-order valence-electron chi connectivity index (χ1n) is 10.1. The molecule has 8 heteroatoms. The van der Waals surface area contributed by atoms with Gasteiger partial charge in [-0.25, -0.2) is 14.4 Å². The third-order valence-corrected chi connectivity index (χ3v) is 4.68. The second kappa shape index (κ2) is 11.4. The fourth-order valence-electron chi connectivity index (χ4n) is 3.14. The van der Waals surface area contributed by atoms with Crippen LogP contribution in [0, 0.1) is 5.82 Å². The molecule has 0 fully saturated rings. The molecule has 33 heavy (non-hydrogen) atoms. The number of aldehydes is 1. The monoisotopic (exact) mass is 446 g/mol. The Morgan fingerprint density at radius 1 is 1.12 bits per heavy atom. The summed E-state index contributed by atoms with van der Waals surface area (Å²) in [6.07, 6.45) is 4.07. The maximum Gasteiger partial charge on any atom is 0.230 e. The molecular formula is C25H23FN4O3. The zero-order valence-electron chi connectivity index (χ0n) is 18.0. The molecule has 0 saturated carbocycles. The maximum absolute atomic E-state index is 13.4. The van der Waals surface area contributed by atoms with Crippen LogP contribution in [0.15, 0.2) is 76.4 Å².